The molecule has 0 aromatic heterocycles. The SMILES string of the molecule is CCCN(CC)CCNC(=NC)NCc1cc2c(cc1OC(F)F)OCO2. The van der Waals surface area contributed by atoms with Crippen molar-refractivity contribution in [1.82, 2.24) is 15.5 Å². The van der Waals surface area contributed by atoms with Gasteiger partial charge >= 0.3 is 6.61 Å². The van der Waals surface area contributed by atoms with Crippen LogP contribution in [0.5, 0.6) is 17.2 Å². The molecule has 0 saturated carbocycles. The Bertz CT molecular complexity index is 629. The van der Waals surface area contributed by atoms with Crippen LogP contribution in [-0.4, -0.2) is 57.5 Å². The van der Waals surface area contributed by atoms with Crippen LogP contribution in [0.4, 0.5) is 8.78 Å². The number of benzene rings is 1. The van der Waals surface area contributed by atoms with Crippen molar-refractivity contribution >= 4 is 5.96 Å². The quantitative estimate of drug-likeness (QED) is 0.476. The maximum absolute atomic E-state index is 12.7. The molecule has 0 spiro atoms. The molecule has 1 heterocycles. The summed E-state index contributed by atoms with van der Waals surface area (Å²) in [6.45, 7) is 5.36. The Morgan fingerprint density at radius 2 is 1.96 bits per heavy atom. The number of fused-ring (bicyclic) bond motifs is 1. The Balaban J connectivity index is 1.93. The number of guanidine groups is 1. The van der Waals surface area contributed by atoms with Gasteiger partial charge in [-0.05, 0) is 25.6 Å². The van der Waals surface area contributed by atoms with Crippen molar-refractivity contribution in [3.05, 3.63) is 17.7 Å². The fraction of sp³-hybridized carbons (Fsp3) is 0.611. The summed E-state index contributed by atoms with van der Waals surface area (Å²) >= 11 is 0. The zero-order chi connectivity index (χ0) is 19.6. The molecule has 1 aliphatic heterocycles. The molecular formula is C18H28F2N4O3. The van der Waals surface area contributed by atoms with E-state index in [1.807, 2.05) is 0 Å². The number of rotatable bonds is 10. The van der Waals surface area contributed by atoms with Crippen molar-refractivity contribution in [2.45, 2.75) is 33.4 Å². The van der Waals surface area contributed by atoms with E-state index in [4.69, 9.17) is 9.47 Å². The van der Waals surface area contributed by atoms with Crippen LogP contribution >= 0.6 is 0 Å². The molecule has 0 fully saturated rings. The van der Waals surface area contributed by atoms with E-state index in [9.17, 15) is 8.78 Å². The van der Waals surface area contributed by atoms with Gasteiger partial charge < -0.3 is 29.7 Å². The summed E-state index contributed by atoms with van der Waals surface area (Å²) in [6.07, 6.45) is 1.11. The highest BCUT2D eigenvalue weighted by atomic mass is 19.3. The van der Waals surface area contributed by atoms with Crippen molar-refractivity contribution < 1.29 is 23.0 Å². The Morgan fingerprint density at radius 1 is 1.22 bits per heavy atom. The molecule has 1 aromatic rings. The molecule has 27 heavy (non-hydrogen) atoms. The summed E-state index contributed by atoms with van der Waals surface area (Å²) in [5, 5.41) is 6.34. The summed E-state index contributed by atoms with van der Waals surface area (Å²) < 4.78 is 40.6. The minimum absolute atomic E-state index is 0.0531. The van der Waals surface area contributed by atoms with Crippen molar-refractivity contribution in [2.24, 2.45) is 4.99 Å². The van der Waals surface area contributed by atoms with Crippen LogP contribution in [0.2, 0.25) is 0 Å². The molecule has 9 heteroatoms. The fourth-order valence-electron chi connectivity index (χ4n) is 2.79. The first-order valence-electron chi connectivity index (χ1n) is 9.11. The summed E-state index contributed by atoms with van der Waals surface area (Å²) in [5.74, 6) is 1.54. The third-order valence-corrected chi connectivity index (χ3v) is 4.15. The van der Waals surface area contributed by atoms with E-state index in [0.717, 1.165) is 32.6 Å². The van der Waals surface area contributed by atoms with Crippen molar-refractivity contribution in [3.63, 3.8) is 0 Å². The van der Waals surface area contributed by atoms with Crippen LogP contribution in [0, 0.1) is 0 Å². The van der Waals surface area contributed by atoms with Gasteiger partial charge in [-0.2, -0.15) is 8.78 Å². The normalized spacial score (nSPS) is 13.4. The van der Waals surface area contributed by atoms with Gasteiger partial charge in [0.15, 0.2) is 17.5 Å². The van der Waals surface area contributed by atoms with Gasteiger partial charge in [-0.25, -0.2) is 0 Å². The topological polar surface area (TPSA) is 67.4 Å². The Morgan fingerprint density at radius 3 is 2.59 bits per heavy atom. The highest BCUT2D eigenvalue weighted by Gasteiger charge is 2.20. The molecule has 152 valence electrons. The van der Waals surface area contributed by atoms with Crippen LogP contribution < -0.4 is 24.8 Å². The average Bonchev–Trinajstić information content (AvgIpc) is 3.10. The maximum Gasteiger partial charge on any atom is 0.387 e. The minimum Gasteiger partial charge on any atom is -0.454 e. The van der Waals surface area contributed by atoms with Crippen LogP contribution in [-0.2, 0) is 6.54 Å². The van der Waals surface area contributed by atoms with Gasteiger partial charge in [0, 0.05) is 38.3 Å². The Kier molecular flexibility index (Phi) is 8.38. The lowest BCUT2D eigenvalue weighted by Gasteiger charge is -2.20. The van der Waals surface area contributed by atoms with E-state index in [1.165, 1.54) is 6.07 Å². The van der Waals surface area contributed by atoms with Crippen LogP contribution in [0.25, 0.3) is 0 Å². The molecule has 0 atom stereocenters. The third-order valence-electron chi connectivity index (χ3n) is 4.15. The Hall–Kier alpha value is -2.29. The number of alkyl halides is 2. The first-order valence-corrected chi connectivity index (χ1v) is 9.11. The number of nitrogens with zero attached hydrogens (tertiary/aromatic N) is 2. The van der Waals surface area contributed by atoms with Crippen molar-refractivity contribution in [3.8, 4) is 17.2 Å². The second-order valence-corrected chi connectivity index (χ2v) is 5.98. The molecular weight excluding hydrogens is 358 g/mol. The number of hydrogen-bond acceptors (Lipinski definition) is 5. The number of nitrogens with one attached hydrogen (secondary N) is 2. The zero-order valence-electron chi connectivity index (χ0n) is 16.1. The van der Waals surface area contributed by atoms with E-state index in [2.05, 4.69) is 39.1 Å². The second kappa shape index (κ2) is 10.8. The molecule has 1 aliphatic rings. The van der Waals surface area contributed by atoms with Crippen molar-refractivity contribution in [1.29, 1.82) is 0 Å². The van der Waals surface area contributed by atoms with E-state index >= 15 is 0 Å². The van der Waals surface area contributed by atoms with Gasteiger partial charge in [0.1, 0.15) is 5.75 Å². The molecule has 7 nitrogen and oxygen atoms in total. The standard InChI is InChI=1S/C18H28F2N4O3/c1-4-7-24(5-2)8-6-22-18(21-3)23-11-13-9-15-16(26-12-25-15)10-14(13)27-17(19)20/h9-10,17H,4-8,11-12H2,1-3H3,(H2,21,22,23). The molecule has 0 unspecified atom stereocenters. The van der Waals surface area contributed by atoms with E-state index < -0.39 is 6.61 Å². The third kappa shape index (κ3) is 6.42. The van der Waals surface area contributed by atoms with Gasteiger partial charge in [-0.3, -0.25) is 4.99 Å². The first-order chi connectivity index (χ1) is 13.1. The number of aliphatic imine (C=N–C) groups is 1. The van der Waals surface area contributed by atoms with E-state index in [-0.39, 0.29) is 19.1 Å². The first kappa shape index (κ1) is 21.0. The summed E-state index contributed by atoms with van der Waals surface area (Å²) in [4.78, 5) is 6.51. The van der Waals surface area contributed by atoms with Gasteiger partial charge in [0.2, 0.25) is 6.79 Å². The van der Waals surface area contributed by atoms with Gasteiger partial charge in [0.05, 0.1) is 0 Å². The molecule has 1 aromatic carbocycles. The Labute approximate surface area is 158 Å². The number of hydrogen-bond donors (Lipinski definition) is 2. The van der Waals surface area contributed by atoms with Gasteiger partial charge in [-0.15, -0.1) is 0 Å². The highest BCUT2D eigenvalue weighted by molar-refractivity contribution is 5.79. The van der Waals surface area contributed by atoms with Gasteiger partial charge in [0.25, 0.3) is 0 Å². The average molecular weight is 386 g/mol. The zero-order valence-corrected chi connectivity index (χ0v) is 16.1. The summed E-state index contributed by atoms with van der Waals surface area (Å²) in [5.41, 5.74) is 0.531. The smallest absolute Gasteiger partial charge is 0.387 e. The monoisotopic (exact) mass is 386 g/mol. The molecule has 0 radical (unpaired) electrons. The number of likely N-dealkylation sites (N-methyl/N-ethyl adjacent to an activating group) is 1. The predicted octanol–water partition coefficient (Wildman–Crippen LogP) is 2.41. The highest BCUT2D eigenvalue weighted by Crippen LogP contribution is 2.38. The fourth-order valence-corrected chi connectivity index (χ4v) is 2.79. The summed E-state index contributed by atoms with van der Waals surface area (Å²) in [7, 11) is 1.66. The minimum atomic E-state index is -2.92. The second-order valence-electron chi connectivity index (χ2n) is 5.98. The lowest BCUT2D eigenvalue weighted by atomic mass is 10.1. The van der Waals surface area contributed by atoms with E-state index in [1.54, 1.807) is 13.1 Å². The van der Waals surface area contributed by atoms with Crippen LogP contribution in [0.1, 0.15) is 25.8 Å². The van der Waals surface area contributed by atoms with E-state index in [0.29, 0.717) is 23.0 Å². The molecule has 0 amide bonds. The maximum atomic E-state index is 12.7. The molecule has 0 aliphatic carbocycles. The molecule has 2 rings (SSSR count). The predicted molar refractivity (Wildman–Crippen MR) is 99.8 cm³/mol. The van der Waals surface area contributed by atoms with Crippen LogP contribution in [0.3, 0.4) is 0 Å². The van der Waals surface area contributed by atoms with Crippen molar-refractivity contribution in [2.75, 3.05) is 40.0 Å². The lowest BCUT2D eigenvalue weighted by Crippen LogP contribution is -2.41. The number of ether oxygens (including phenoxy) is 3. The molecule has 0 saturated heterocycles. The largest absolute Gasteiger partial charge is 0.454 e. The number of halogens is 2. The van der Waals surface area contributed by atoms with Gasteiger partial charge in [-0.1, -0.05) is 13.8 Å². The lowest BCUT2D eigenvalue weighted by molar-refractivity contribution is -0.0505. The summed E-state index contributed by atoms with van der Waals surface area (Å²) in [6, 6.07) is 3.06. The molecule has 2 N–H and O–H groups in total. The van der Waals surface area contributed by atoms with Crippen LogP contribution in [0.15, 0.2) is 17.1 Å². The molecule has 0 bridgehead atoms.